The summed E-state index contributed by atoms with van der Waals surface area (Å²) in [5, 5.41) is 6.94. The van der Waals surface area contributed by atoms with Gasteiger partial charge in [-0.15, -0.1) is 0 Å². The number of thioether (sulfide) groups is 1. The molecule has 0 aliphatic rings. The second kappa shape index (κ2) is 7.95. The maximum Gasteiger partial charge on any atom is 0.319 e. The van der Waals surface area contributed by atoms with Gasteiger partial charge in [0.2, 0.25) is 0 Å². The van der Waals surface area contributed by atoms with Crippen molar-refractivity contribution in [2.75, 3.05) is 24.7 Å². The van der Waals surface area contributed by atoms with Gasteiger partial charge in [0.1, 0.15) is 5.75 Å². The molecule has 0 fully saturated rings. The summed E-state index contributed by atoms with van der Waals surface area (Å²) in [6.07, 6.45) is 3.63. The highest BCUT2D eigenvalue weighted by atomic mass is 35.5. The van der Waals surface area contributed by atoms with E-state index in [0.29, 0.717) is 23.0 Å². The number of rotatable bonds is 6. The summed E-state index contributed by atoms with van der Waals surface area (Å²) in [5.41, 5.74) is 0.532. The number of urea groups is 1. The maximum absolute atomic E-state index is 11.9. The van der Waals surface area contributed by atoms with Crippen molar-refractivity contribution in [1.82, 2.24) is 14.9 Å². The smallest absolute Gasteiger partial charge is 0.319 e. The number of aryl methyl sites for hydroxylation is 1. The van der Waals surface area contributed by atoms with Crippen LogP contribution in [-0.4, -0.2) is 35.0 Å². The van der Waals surface area contributed by atoms with Crippen molar-refractivity contribution in [3.05, 3.63) is 35.6 Å². The molecule has 0 bridgehead atoms. The van der Waals surface area contributed by atoms with Crippen molar-refractivity contribution in [2.45, 2.75) is 5.16 Å². The minimum atomic E-state index is -0.305. The number of nitrogens with one attached hydrogen (secondary N) is 2. The molecular weight excluding hydrogens is 324 g/mol. The number of ether oxygens (including phenoxy) is 1. The number of imidazole rings is 1. The third-order valence-corrected chi connectivity index (χ3v) is 4.10. The molecule has 0 atom stereocenters. The van der Waals surface area contributed by atoms with E-state index in [4.69, 9.17) is 16.3 Å². The predicted octanol–water partition coefficient (Wildman–Crippen LogP) is 3.00. The van der Waals surface area contributed by atoms with Crippen LogP contribution in [0.25, 0.3) is 0 Å². The standard InChI is InChI=1S/C14H17ClN4O2S/c1-19-7-5-17-14(19)22-8-6-16-13(20)18-11-9-10(15)3-4-12(11)21-2/h3-5,7,9H,6,8H2,1-2H3,(H2,16,18,20). The number of hydrogen-bond donors (Lipinski definition) is 2. The zero-order valence-electron chi connectivity index (χ0n) is 12.3. The summed E-state index contributed by atoms with van der Waals surface area (Å²) in [5.74, 6) is 1.28. The van der Waals surface area contributed by atoms with Crippen LogP contribution in [0.1, 0.15) is 0 Å². The number of carbonyl (C=O) groups is 1. The van der Waals surface area contributed by atoms with E-state index in [1.807, 2.05) is 17.8 Å². The van der Waals surface area contributed by atoms with Gasteiger partial charge in [0.25, 0.3) is 0 Å². The van der Waals surface area contributed by atoms with Crippen LogP contribution in [0.2, 0.25) is 5.02 Å². The van der Waals surface area contributed by atoms with E-state index in [9.17, 15) is 4.79 Å². The lowest BCUT2D eigenvalue weighted by Gasteiger charge is -2.11. The van der Waals surface area contributed by atoms with Crippen LogP contribution in [-0.2, 0) is 7.05 Å². The average Bonchev–Trinajstić information content (AvgIpc) is 2.89. The van der Waals surface area contributed by atoms with E-state index in [1.165, 1.54) is 7.11 Å². The molecule has 2 aromatic rings. The molecule has 118 valence electrons. The molecule has 1 heterocycles. The van der Waals surface area contributed by atoms with Crippen molar-refractivity contribution < 1.29 is 9.53 Å². The number of aromatic nitrogens is 2. The fourth-order valence-corrected chi connectivity index (χ4v) is 2.70. The third kappa shape index (κ3) is 4.57. The molecule has 2 rings (SSSR count). The van der Waals surface area contributed by atoms with Gasteiger partial charge in [-0.2, -0.15) is 0 Å². The van der Waals surface area contributed by atoms with Gasteiger partial charge in [0, 0.05) is 36.8 Å². The van der Waals surface area contributed by atoms with E-state index in [-0.39, 0.29) is 6.03 Å². The number of hydrogen-bond acceptors (Lipinski definition) is 4. The first-order valence-corrected chi connectivity index (χ1v) is 7.95. The van der Waals surface area contributed by atoms with Crippen LogP contribution in [0.4, 0.5) is 10.5 Å². The summed E-state index contributed by atoms with van der Waals surface area (Å²) in [6, 6.07) is 4.74. The van der Waals surface area contributed by atoms with E-state index in [0.717, 1.165) is 10.9 Å². The molecule has 0 spiro atoms. The normalized spacial score (nSPS) is 10.3. The van der Waals surface area contributed by atoms with Gasteiger partial charge in [-0.05, 0) is 18.2 Å². The van der Waals surface area contributed by atoms with Gasteiger partial charge in [0.05, 0.1) is 12.8 Å². The molecule has 22 heavy (non-hydrogen) atoms. The van der Waals surface area contributed by atoms with Crippen LogP contribution < -0.4 is 15.4 Å². The maximum atomic E-state index is 11.9. The largest absolute Gasteiger partial charge is 0.495 e. The minimum absolute atomic E-state index is 0.305. The number of carbonyl (C=O) groups excluding carboxylic acids is 1. The molecule has 0 unspecified atom stereocenters. The summed E-state index contributed by atoms with van der Waals surface area (Å²) < 4.78 is 7.10. The Morgan fingerprint density at radius 1 is 1.50 bits per heavy atom. The highest BCUT2D eigenvalue weighted by molar-refractivity contribution is 7.99. The van der Waals surface area contributed by atoms with Crippen LogP contribution in [0.5, 0.6) is 5.75 Å². The van der Waals surface area contributed by atoms with Crippen LogP contribution in [0.3, 0.4) is 0 Å². The Bertz CT molecular complexity index is 648. The van der Waals surface area contributed by atoms with Crippen molar-refractivity contribution in [2.24, 2.45) is 7.05 Å². The number of anilines is 1. The van der Waals surface area contributed by atoms with Crippen molar-refractivity contribution in [3.63, 3.8) is 0 Å². The average molecular weight is 341 g/mol. The first-order chi connectivity index (χ1) is 10.6. The SMILES string of the molecule is COc1ccc(Cl)cc1NC(=O)NCCSc1nccn1C. The van der Waals surface area contributed by atoms with Gasteiger partial charge in [-0.1, -0.05) is 23.4 Å². The molecule has 0 aliphatic heterocycles. The van der Waals surface area contributed by atoms with Crippen molar-refractivity contribution in [3.8, 4) is 5.75 Å². The number of amides is 2. The van der Waals surface area contributed by atoms with Gasteiger partial charge < -0.3 is 19.9 Å². The number of halogens is 1. The quantitative estimate of drug-likeness (QED) is 0.626. The number of methoxy groups -OCH3 is 1. The first-order valence-electron chi connectivity index (χ1n) is 6.58. The topological polar surface area (TPSA) is 68.2 Å². The van der Waals surface area contributed by atoms with E-state index in [1.54, 1.807) is 36.2 Å². The summed E-state index contributed by atoms with van der Waals surface area (Å²) in [6.45, 7) is 0.520. The monoisotopic (exact) mass is 340 g/mol. The fourth-order valence-electron chi connectivity index (χ4n) is 1.74. The number of benzene rings is 1. The second-order valence-electron chi connectivity index (χ2n) is 4.39. The zero-order chi connectivity index (χ0) is 15.9. The summed E-state index contributed by atoms with van der Waals surface area (Å²) >= 11 is 7.49. The zero-order valence-corrected chi connectivity index (χ0v) is 13.9. The first kappa shape index (κ1) is 16.5. The molecule has 0 aliphatic carbocycles. The minimum Gasteiger partial charge on any atom is -0.495 e. The molecule has 2 amide bonds. The highest BCUT2D eigenvalue weighted by Gasteiger charge is 2.08. The highest BCUT2D eigenvalue weighted by Crippen LogP contribution is 2.27. The summed E-state index contributed by atoms with van der Waals surface area (Å²) in [4.78, 5) is 16.1. The van der Waals surface area contributed by atoms with E-state index < -0.39 is 0 Å². The Hall–Kier alpha value is -1.86. The van der Waals surface area contributed by atoms with E-state index in [2.05, 4.69) is 15.6 Å². The van der Waals surface area contributed by atoms with Crippen LogP contribution in [0.15, 0.2) is 35.7 Å². The summed E-state index contributed by atoms with van der Waals surface area (Å²) in [7, 11) is 3.47. The molecule has 8 heteroatoms. The van der Waals surface area contributed by atoms with Gasteiger partial charge >= 0.3 is 6.03 Å². The van der Waals surface area contributed by atoms with E-state index >= 15 is 0 Å². The predicted molar refractivity (Wildman–Crippen MR) is 89.0 cm³/mol. The molecular formula is C14H17ClN4O2S. The van der Waals surface area contributed by atoms with Crippen LogP contribution in [0, 0.1) is 0 Å². The van der Waals surface area contributed by atoms with Crippen molar-refractivity contribution in [1.29, 1.82) is 0 Å². The molecule has 2 N–H and O–H groups in total. The van der Waals surface area contributed by atoms with Gasteiger partial charge in [-0.25, -0.2) is 9.78 Å². The molecule has 6 nitrogen and oxygen atoms in total. The van der Waals surface area contributed by atoms with Gasteiger partial charge in [0.15, 0.2) is 5.16 Å². The lowest BCUT2D eigenvalue weighted by Crippen LogP contribution is -2.30. The molecule has 0 saturated heterocycles. The Labute approximate surface area is 138 Å². The Morgan fingerprint density at radius 2 is 2.32 bits per heavy atom. The Morgan fingerprint density at radius 3 is 3.00 bits per heavy atom. The third-order valence-electron chi connectivity index (χ3n) is 2.81. The van der Waals surface area contributed by atoms with Gasteiger partial charge in [-0.3, -0.25) is 0 Å². The molecule has 1 aromatic carbocycles. The van der Waals surface area contributed by atoms with Crippen molar-refractivity contribution >= 4 is 35.1 Å². The fraction of sp³-hybridized carbons (Fsp3) is 0.286. The lowest BCUT2D eigenvalue weighted by atomic mass is 10.3. The molecule has 0 saturated carbocycles. The second-order valence-corrected chi connectivity index (χ2v) is 5.89. The Balaban J connectivity index is 1.78. The Kier molecular flexibility index (Phi) is 5.97. The lowest BCUT2D eigenvalue weighted by molar-refractivity contribution is 0.252. The number of nitrogens with zero attached hydrogens (tertiary/aromatic N) is 2. The molecule has 0 radical (unpaired) electrons. The van der Waals surface area contributed by atoms with Crippen LogP contribution >= 0.6 is 23.4 Å². The molecule has 1 aromatic heterocycles.